The Kier molecular flexibility index (Phi) is 3.70. The molecule has 1 aliphatic rings. The molecule has 0 aromatic heterocycles. The van der Waals surface area contributed by atoms with Crippen LogP contribution in [0.4, 0.5) is 0 Å². The summed E-state index contributed by atoms with van der Waals surface area (Å²) < 4.78 is 0. The number of benzene rings is 5. The van der Waals surface area contributed by atoms with Crippen LogP contribution in [0, 0.1) is 0 Å². The Bertz CT molecular complexity index is 1520. The summed E-state index contributed by atoms with van der Waals surface area (Å²) in [6.07, 6.45) is 5.31. The van der Waals surface area contributed by atoms with E-state index < -0.39 is 0 Å². The van der Waals surface area contributed by atoms with Crippen LogP contribution in [0.25, 0.3) is 56.0 Å². The number of hydrogen-bond donors (Lipinski definition) is 0. The fourth-order valence-electron chi connectivity index (χ4n) is 5.37. The van der Waals surface area contributed by atoms with Gasteiger partial charge in [0.25, 0.3) is 0 Å². The zero-order valence-electron chi connectivity index (χ0n) is 17.1. The van der Waals surface area contributed by atoms with Crippen LogP contribution in [0.3, 0.4) is 0 Å². The molecule has 0 fully saturated rings. The second-order valence-electron chi connectivity index (χ2n) is 8.08. The van der Waals surface area contributed by atoms with Gasteiger partial charge in [-0.2, -0.15) is 0 Å². The lowest BCUT2D eigenvalue weighted by Gasteiger charge is -2.18. The maximum atomic E-state index is 4.19. The van der Waals surface area contributed by atoms with Crippen molar-refractivity contribution >= 4 is 33.7 Å². The Morgan fingerprint density at radius 2 is 1.53 bits per heavy atom. The van der Waals surface area contributed by atoms with Gasteiger partial charge in [0.2, 0.25) is 0 Å². The minimum absolute atomic E-state index is 1.00. The van der Waals surface area contributed by atoms with Crippen LogP contribution in [0.5, 0.6) is 0 Å². The Hall–Kier alpha value is -3.64. The maximum Gasteiger partial charge on any atom is -0.000705 e. The highest BCUT2D eigenvalue weighted by atomic mass is 14.3. The van der Waals surface area contributed by atoms with Gasteiger partial charge in [-0.15, -0.1) is 0 Å². The summed E-state index contributed by atoms with van der Waals surface area (Å²) in [7, 11) is 0. The first-order valence-corrected chi connectivity index (χ1v) is 10.6. The van der Waals surface area contributed by atoms with Gasteiger partial charge >= 0.3 is 0 Å². The first-order valence-electron chi connectivity index (χ1n) is 10.6. The van der Waals surface area contributed by atoms with Crippen molar-refractivity contribution < 1.29 is 0 Å². The minimum Gasteiger partial charge on any atom is -0.0984 e. The van der Waals surface area contributed by atoms with Crippen molar-refractivity contribution in [1.29, 1.82) is 0 Å². The molecule has 5 aromatic carbocycles. The molecule has 0 unspecified atom stereocenters. The van der Waals surface area contributed by atoms with Gasteiger partial charge in [0.15, 0.2) is 0 Å². The topological polar surface area (TPSA) is 0 Å². The summed E-state index contributed by atoms with van der Waals surface area (Å²) in [6.45, 7) is 6.36. The fourth-order valence-corrected chi connectivity index (χ4v) is 5.37. The summed E-state index contributed by atoms with van der Waals surface area (Å²) in [5.41, 5.74) is 9.41. The summed E-state index contributed by atoms with van der Waals surface area (Å²) in [4.78, 5) is 0. The molecule has 0 N–H and O–H groups in total. The predicted molar refractivity (Wildman–Crippen MR) is 131 cm³/mol. The zero-order chi connectivity index (χ0) is 20.2. The van der Waals surface area contributed by atoms with Crippen molar-refractivity contribution in [2.45, 2.75) is 13.3 Å². The van der Waals surface area contributed by atoms with E-state index in [9.17, 15) is 0 Å². The summed E-state index contributed by atoms with van der Waals surface area (Å²) in [5.74, 6) is 0. The predicted octanol–water partition coefficient (Wildman–Crippen LogP) is 7.39. The largest absolute Gasteiger partial charge is 0.0984 e. The van der Waals surface area contributed by atoms with E-state index in [1.54, 1.807) is 0 Å². The van der Waals surface area contributed by atoms with E-state index in [1.165, 1.54) is 65.7 Å². The molecule has 0 spiro atoms. The second kappa shape index (κ2) is 6.43. The van der Waals surface area contributed by atoms with Gasteiger partial charge in [0.1, 0.15) is 0 Å². The molecule has 5 aromatic rings. The van der Waals surface area contributed by atoms with Crippen molar-refractivity contribution in [3.63, 3.8) is 0 Å². The molecule has 0 radical (unpaired) electrons. The monoisotopic (exact) mass is 382 g/mol. The summed E-state index contributed by atoms with van der Waals surface area (Å²) in [6, 6.07) is 28.7. The average molecular weight is 383 g/mol. The van der Waals surface area contributed by atoms with Crippen LogP contribution in [-0.4, -0.2) is 0 Å². The molecule has 6 rings (SSSR count). The van der Waals surface area contributed by atoms with Gasteiger partial charge in [-0.25, -0.2) is 0 Å². The molecule has 1 aliphatic carbocycles. The van der Waals surface area contributed by atoms with Crippen LogP contribution >= 0.6 is 0 Å². The van der Waals surface area contributed by atoms with Crippen LogP contribution in [0.15, 0.2) is 85.4 Å². The number of hydrogen-bond acceptors (Lipinski definition) is 0. The third-order valence-corrected chi connectivity index (χ3v) is 6.61. The van der Waals surface area contributed by atoms with E-state index in [2.05, 4.69) is 98.4 Å². The van der Waals surface area contributed by atoms with E-state index >= 15 is 0 Å². The lowest BCUT2D eigenvalue weighted by Crippen LogP contribution is -2.10. The van der Waals surface area contributed by atoms with Gasteiger partial charge in [0, 0.05) is 0 Å². The molecule has 0 bridgehead atoms. The lowest BCUT2D eigenvalue weighted by atomic mass is 9.85. The molecule has 0 saturated carbocycles. The average Bonchev–Trinajstić information content (AvgIpc) is 3.20. The Morgan fingerprint density at radius 3 is 2.33 bits per heavy atom. The van der Waals surface area contributed by atoms with Crippen molar-refractivity contribution in [3.05, 3.63) is 107 Å². The van der Waals surface area contributed by atoms with Gasteiger partial charge in [-0.1, -0.05) is 91.5 Å². The Labute approximate surface area is 176 Å². The molecule has 0 atom stereocenters. The van der Waals surface area contributed by atoms with E-state index in [-0.39, 0.29) is 0 Å². The van der Waals surface area contributed by atoms with E-state index in [4.69, 9.17) is 0 Å². The molecular weight excluding hydrogens is 360 g/mol. The molecule has 0 aliphatic heterocycles. The molecule has 0 saturated heterocycles. The first kappa shape index (κ1) is 17.2. The molecule has 0 heterocycles. The summed E-state index contributed by atoms with van der Waals surface area (Å²) >= 11 is 0. The fraction of sp³-hybridized carbons (Fsp3) is 0.0667. The first-order chi connectivity index (χ1) is 14.8. The zero-order valence-corrected chi connectivity index (χ0v) is 17.1. The normalized spacial score (nSPS) is 13.0. The maximum absolute atomic E-state index is 4.19. The second-order valence-corrected chi connectivity index (χ2v) is 8.08. The molecule has 0 nitrogen and oxygen atoms in total. The van der Waals surface area contributed by atoms with Crippen LogP contribution in [0.2, 0.25) is 0 Å². The highest BCUT2D eigenvalue weighted by Gasteiger charge is 2.25. The van der Waals surface area contributed by atoms with Crippen LogP contribution in [0.1, 0.15) is 23.6 Å². The van der Waals surface area contributed by atoms with Crippen LogP contribution < -0.4 is 5.22 Å². The van der Waals surface area contributed by atoms with Crippen molar-refractivity contribution in [2.75, 3.05) is 0 Å². The summed E-state index contributed by atoms with van der Waals surface area (Å²) in [5, 5.41) is 6.73. The van der Waals surface area contributed by atoms with Crippen LogP contribution in [-0.2, 0) is 6.42 Å². The third kappa shape index (κ3) is 2.22. The van der Waals surface area contributed by atoms with Gasteiger partial charge in [0.05, 0.1) is 0 Å². The number of rotatable bonds is 2. The molecular formula is C30H22. The van der Waals surface area contributed by atoms with Gasteiger partial charge in [-0.3, -0.25) is 0 Å². The quantitative estimate of drug-likeness (QED) is 0.293. The Morgan fingerprint density at radius 1 is 0.767 bits per heavy atom. The van der Waals surface area contributed by atoms with Crippen molar-refractivity contribution in [1.82, 2.24) is 0 Å². The lowest BCUT2D eigenvalue weighted by molar-refractivity contribution is 1.28. The van der Waals surface area contributed by atoms with Gasteiger partial charge < -0.3 is 0 Å². The molecule has 0 heteroatoms. The molecule has 142 valence electrons. The van der Waals surface area contributed by atoms with E-state index in [0.717, 1.165) is 6.42 Å². The molecule has 0 amide bonds. The highest BCUT2D eigenvalue weighted by molar-refractivity contribution is 6.20. The van der Waals surface area contributed by atoms with Crippen molar-refractivity contribution in [3.8, 4) is 22.3 Å². The van der Waals surface area contributed by atoms with Crippen molar-refractivity contribution in [2.24, 2.45) is 0 Å². The SMILES string of the molecule is C=Cc1cc(-c2ccccc2)c2cccc3c4c(/c(=C/C)c1c23)-c1ccccc1C4. The Balaban J connectivity index is 1.87. The minimum atomic E-state index is 1.00. The van der Waals surface area contributed by atoms with E-state index in [1.807, 2.05) is 6.08 Å². The molecule has 30 heavy (non-hydrogen) atoms. The standard InChI is InChI=1S/C30H22/c1-3-19-17-26(20-11-6-5-7-12-20)24-15-10-16-25-27-18-21-13-8-9-14-23(21)29(27)22(4-2)28(19)30(24)25/h3-17H,1,18H2,2H3/b22-4+. The number of fused-ring (bicyclic) bond motifs is 4. The van der Waals surface area contributed by atoms with Gasteiger partial charge in [-0.05, 0) is 85.1 Å². The highest BCUT2D eigenvalue weighted by Crippen LogP contribution is 2.44. The smallest absolute Gasteiger partial charge is 0.000705 e. The third-order valence-electron chi connectivity index (χ3n) is 6.61. The van der Waals surface area contributed by atoms with E-state index in [0.29, 0.717) is 0 Å².